The van der Waals surface area contributed by atoms with Crippen molar-refractivity contribution in [2.24, 2.45) is 5.14 Å². The minimum absolute atomic E-state index is 0.221. The van der Waals surface area contributed by atoms with Gasteiger partial charge in [-0.05, 0) is 36.6 Å². The first kappa shape index (κ1) is 21.0. The molecule has 29 heavy (non-hydrogen) atoms. The Morgan fingerprint density at radius 2 is 1.86 bits per heavy atom. The molecule has 0 bridgehead atoms. The van der Waals surface area contributed by atoms with Crippen molar-refractivity contribution in [2.75, 3.05) is 4.72 Å². The molecule has 0 unspecified atom stereocenters. The predicted molar refractivity (Wildman–Crippen MR) is 116 cm³/mol. The zero-order valence-electron chi connectivity index (χ0n) is 16.1. The Bertz CT molecular complexity index is 1120. The third kappa shape index (κ3) is 5.63. The monoisotopic (exact) mass is 430 g/mol. The fraction of sp³-hybridized carbons (Fsp3) is 0.200. The number of nitrogens with two attached hydrogens (primary N) is 1. The van der Waals surface area contributed by atoms with Crippen molar-refractivity contribution < 1.29 is 13.2 Å². The van der Waals surface area contributed by atoms with Crippen molar-refractivity contribution in [3.05, 3.63) is 70.2 Å². The van der Waals surface area contributed by atoms with Crippen molar-refractivity contribution >= 4 is 33.1 Å². The summed E-state index contributed by atoms with van der Waals surface area (Å²) in [5, 5.41) is 8.64. The molecule has 3 rings (SSSR count). The van der Waals surface area contributed by atoms with Crippen LogP contribution in [0.5, 0.6) is 0 Å². The molecule has 0 radical (unpaired) electrons. The van der Waals surface area contributed by atoms with E-state index in [1.165, 1.54) is 16.9 Å². The summed E-state index contributed by atoms with van der Waals surface area (Å²) in [4.78, 5) is 17.7. The number of aryl methyl sites for hydroxylation is 2. The predicted octanol–water partition coefficient (Wildman–Crippen LogP) is 3.23. The summed E-state index contributed by atoms with van der Waals surface area (Å²) in [5.41, 5.74) is 3.98. The van der Waals surface area contributed by atoms with Crippen molar-refractivity contribution in [3.8, 4) is 10.6 Å². The maximum atomic E-state index is 12.6. The minimum atomic E-state index is -3.85. The van der Waals surface area contributed by atoms with Crippen LogP contribution in [0.2, 0.25) is 0 Å². The zero-order valence-corrected chi connectivity index (χ0v) is 17.7. The number of anilines is 1. The summed E-state index contributed by atoms with van der Waals surface area (Å²) < 4.78 is 24.5. The lowest BCUT2D eigenvalue weighted by molar-refractivity contribution is 0.0954. The maximum Gasteiger partial charge on any atom is 0.296 e. The van der Waals surface area contributed by atoms with Gasteiger partial charge in [0.2, 0.25) is 0 Å². The number of hydrogen-bond acceptors (Lipinski definition) is 5. The topological polar surface area (TPSA) is 114 Å². The molecule has 0 saturated carbocycles. The normalized spacial score (nSPS) is 11.3. The number of hydrogen-bond donors (Lipinski definition) is 3. The van der Waals surface area contributed by atoms with E-state index in [2.05, 4.69) is 34.1 Å². The lowest BCUT2D eigenvalue weighted by Gasteiger charge is -2.07. The molecule has 0 spiro atoms. The van der Waals surface area contributed by atoms with E-state index < -0.39 is 10.2 Å². The van der Waals surface area contributed by atoms with Crippen LogP contribution in [0.1, 0.15) is 33.4 Å². The van der Waals surface area contributed by atoms with Gasteiger partial charge in [0.05, 0.1) is 11.4 Å². The van der Waals surface area contributed by atoms with Crippen LogP contribution in [0.15, 0.2) is 48.5 Å². The molecule has 0 aliphatic carbocycles. The van der Waals surface area contributed by atoms with Crippen LogP contribution < -0.4 is 15.2 Å². The van der Waals surface area contributed by atoms with Crippen molar-refractivity contribution in [3.63, 3.8) is 0 Å². The molecule has 1 amide bonds. The number of carbonyl (C=O) groups excluding carboxylic acids is 1. The van der Waals surface area contributed by atoms with Gasteiger partial charge in [0.1, 0.15) is 9.88 Å². The quantitative estimate of drug-likeness (QED) is 0.534. The summed E-state index contributed by atoms with van der Waals surface area (Å²) in [6.07, 6.45) is 0.971. The molecule has 4 N–H and O–H groups in total. The maximum absolute atomic E-state index is 12.6. The second-order valence-corrected chi connectivity index (χ2v) is 8.81. The van der Waals surface area contributed by atoms with Crippen LogP contribution in [-0.4, -0.2) is 19.3 Å². The van der Waals surface area contributed by atoms with Gasteiger partial charge < -0.3 is 5.32 Å². The minimum Gasteiger partial charge on any atom is -0.347 e. The highest BCUT2D eigenvalue weighted by atomic mass is 32.2. The van der Waals surface area contributed by atoms with E-state index in [1.54, 1.807) is 24.3 Å². The van der Waals surface area contributed by atoms with E-state index in [0.29, 0.717) is 16.3 Å². The lowest BCUT2D eigenvalue weighted by atomic mass is 10.1. The Morgan fingerprint density at radius 3 is 2.52 bits per heavy atom. The average Bonchev–Trinajstić information content (AvgIpc) is 3.07. The third-order valence-corrected chi connectivity index (χ3v) is 5.98. The number of benzene rings is 2. The van der Waals surface area contributed by atoms with Crippen LogP contribution >= 0.6 is 11.3 Å². The summed E-state index contributed by atoms with van der Waals surface area (Å²) in [5.74, 6) is -0.221. The number of nitrogens with one attached hydrogen (secondary N) is 2. The summed E-state index contributed by atoms with van der Waals surface area (Å²) in [7, 11) is -3.85. The van der Waals surface area contributed by atoms with Gasteiger partial charge in [0.15, 0.2) is 0 Å². The van der Waals surface area contributed by atoms with Gasteiger partial charge in [0.25, 0.3) is 16.1 Å². The van der Waals surface area contributed by atoms with E-state index in [0.717, 1.165) is 22.6 Å². The van der Waals surface area contributed by atoms with Gasteiger partial charge >= 0.3 is 0 Å². The average molecular weight is 431 g/mol. The molecule has 7 nitrogen and oxygen atoms in total. The smallest absolute Gasteiger partial charge is 0.296 e. The first-order valence-electron chi connectivity index (χ1n) is 8.99. The van der Waals surface area contributed by atoms with E-state index >= 15 is 0 Å². The number of amides is 1. The van der Waals surface area contributed by atoms with Crippen LogP contribution in [0.25, 0.3) is 10.6 Å². The summed E-state index contributed by atoms with van der Waals surface area (Å²) in [6.45, 7) is 4.16. The number of rotatable bonds is 7. The second kappa shape index (κ2) is 8.73. The zero-order chi connectivity index (χ0) is 21.0. The largest absolute Gasteiger partial charge is 0.347 e. The van der Waals surface area contributed by atoms with Crippen molar-refractivity contribution in [1.29, 1.82) is 0 Å². The third-order valence-electron chi connectivity index (χ3n) is 4.25. The van der Waals surface area contributed by atoms with Crippen LogP contribution in [0.4, 0.5) is 5.69 Å². The van der Waals surface area contributed by atoms with Gasteiger partial charge in [-0.3, -0.25) is 9.52 Å². The fourth-order valence-corrected chi connectivity index (χ4v) is 4.23. The van der Waals surface area contributed by atoms with Crippen molar-refractivity contribution in [1.82, 2.24) is 10.3 Å². The number of carbonyl (C=O) groups is 1. The number of thiazole rings is 1. The van der Waals surface area contributed by atoms with Crippen molar-refractivity contribution in [2.45, 2.75) is 26.8 Å². The first-order valence-corrected chi connectivity index (χ1v) is 11.4. The Labute approximate surface area is 174 Å². The van der Waals surface area contributed by atoms with E-state index in [-0.39, 0.29) is 12.5 Å². The van der Waals surface area contributed by atoms with Gasteiger partial charge in [-0.2, -0.15) is 8.42 Å². The molecule has 0 fully saturated rings. The SMILES string of the molecule is CCc1ccc(-c2nc(C)c(C(=O)NCc3cccc(NS(N)(=O)=O)c3)s2)cc1. The Hall–Kier alpha value is -2.75. The van der Waals surface area contributed by atoms with E-state index in [4.69, 9.17) is 5.14 Å². The Morgan fingerprint density at radius 1 is 1.14 bits per heavy atom. The molecule has 1 heterocycles. The molecular weight excluding hydrogens is 408 g/mol. The van der Waals surface area contributed by atoms with Crippen LogP contribution in [0, 0.1) is 6.92 Å². The Balaban J connectivity index is 1.70. The molecule has 2 aromatic carbocycles. The van der Waals surface area contributed by atoms with Crippen LogP contribution in [-0.2, 0) is 23.2 Å². The summed E-state index contributed by atoms with van der Waals surface area (Å²) >= 11 is 1.35. The first-order chi connectivity index (χ1) is 13.7. The number of nitrogens with zero attached hydrogens (tertiary/aromatic N) is 1. The van der Waals surface area contributed by atoms with E-state index in [1.807, 2.05) is 19.1 Å². The highest BCUT2D eigenvalue weighted by molar-refractivity contribution is 7.90. The fourth-order valence-electron chi connectivity index (χ4n) is 2.79. The second-order valence-electron chi connectivity index (χ2n) is 6.51. The van der Waals surface area contributed by atoms with Gasteiger partial charge in [0, 0.05) is 12.1 Å². The number of aromatic nitrogens is 1. The van der Waals surface area contributed by atoms with E-state index in [9.17, 15) is 13.2 Å². The summed E-state index contributed by atoms with van der Waals surface area (Å²) in [6, 6.07) is 14.8. The molecule has 0 aliphatic heterocycles. The highest BCUT2D eigenvalue weighted by Gasteiger charge is 2.16. The molecule has 3 aromatic rings. The van der Waals surface area contributed by atoms with Crippen LogP contribution in [0.3, 0.4) is 0 Å². The molecule has 0 aliphatic rings. The van der Waals surface area contributed by atoms with Gasteiger partial charge in [-0.1, -0.05) is 43.3 Å². The van der Waals surface area contributed by atoms with Gasteiger partial charge in [-0.15, -0.1) is 11.3 Å². The van der Waals surface area contributed by atoms with Gasteiger partial charge in [-0.25, -0.2) is 10.1 Å². The molecule has 152 valence electrons. The molecule has 9 heteroatoms. The standard InChI is InChI=1S/C20H22N4O3S2/c1-3-14-7-9-16(10-8-14)20-23-13(2)18(28-20)19(25)22-12-15-5-4-6-17(11-15)24-29(21,26)27/h4-11,24H,3,12H2,1-2H3,(H,22,25)(H2,21,26,27). The highest BCUT2D eigenvalue weighted by Crippen LogP contribution is 2.28. The molecule has 0 atom stereocenters. The molecule has 0 saturated heterocycles. The molecular formula is C20H22N4O3S2. The lowest BCUT2D eigenvalue weighted by Crippen LogP contribution is -2.23. The molecule has 1 aromatic heterocycles. The Kier molecular flexibility index (Phi) is 6.31.